The van der Waals surface area contributed by atoms with Crippen molar-refractivity contribution in [2.75, 3.05) is 6.61 Å². The Balaban J connectivity index is 2.31. The van der Waals surface area contributed by atoms with Gasteiger partial charge in [-0.3, -0.25) is 0 Å². The van der Waals surface area contributed by atoms with Crippen molar-refractivity contribution in [1.82, 2.24) is 0 Å². The Hall–Kier alpha value is -0.460. The second kappa shape index (κ2) is 0.949. The summed E-state index contributed by atoms with van der Waals surface area (Å²) in [6.07, 6.45) is 1.31. The van der Waals surface area contributed by atoms with E-state index in [9.17, 15) is 0 Å². The molecule has 44 valence electrons. The van der Waals surface area contributed by atoms with Crippen molar-refractivity contribution in [1.29, 1.82) is 0 Å². The molecule has 0 aromatic heterocycles. The van der Waals surface area contributed by atoms with E-state index in [2.05, 4.69) is 13.5 Å². The number of rotatable bonds is 0. The van der Waals surface area contributed by atoms with Crippen molar-refractivity contribution in [3.63, 3.8) is 0 Å². The number of allylic oxidation sites excluding steroid dienone is 1. The molecule has 2 fully saturated rings. The van der Waals surface area contributed by atoms with Crippen LogP contribution in [0.4, 0.5) is 0 Å². The van der Waals surface area contributed by atoms with Gasteiger partial charge >= 0.3 is 0 Å². The van der Waals surface area contributed by atoms with E-state index in [1.165, 1.54) is 6.42 Å². The summed E-state index contributed by atoms with van der Waals surface area (Å²) in [5.74, 6) is 1.83. The maximum Gasteiger partial charge on any atom is 0.0951 e. The van der Waals surface area contributed by atoms with Gasteiger partial charge in [0.15, 0.2) is 0 Å². The molecule has 0 bridgehead atoms. The second-order valence-electron chi connectivity index (χ2n) is 3.05. The molecule has 2 rings (SSSR count). The summed E-state index contributed by atoms with van der Waals surface area (Å²) in [6.45, 7) is 6.98. The zero-order valence-electron chi connectivity index (χ0n) is 5.11. The zero-order valence-corrected chi connectivity index (χ0v) is 5.11. The molecule has 1 unspecified atom stereocenters. The summed E-state index contributed by atoms with van der Waals surface area (Å²) < 4.78 is 5.22. The molecule has 2 aliphatic rings. The first-order valence-electron chi connectivity index (χ1n) is 3.06. The molecule has 2 atom stereocenters. The smallest absolute Gasteiger partial charge is 0.0951 e. The third kappa shape index (κ3) is 0.299. The molecular weight excluding hydrogens is 100 g/mol. The van der Waals surface area contributed by atoms with Crippen LogP contribution in [0.3, 0.4) is 0 Å². The van der Waals surface area contributed by atoms with Gasteiger partial charge in [0.2, 0.25) is 0 Å². The van der Waals surface area contributed by atoms with Gasteiger partial charge in [0.1, 0.15) is 0 Å². The van der Waals surface area contributed by atoms with Gasteiger partial charge in [-0.1, -0.05) is 13.5 Å². The van der Waals surface area contributed by atoms with Crippen LogP contribution in [0.15, 0.2) is 12.3 Å². The molecule has 0 spiro atoms. The van der Waals surface area contributed by atoms with E-state index in [0.29, 0.717) is 5.41 Å². The van der Waals surface area contributed by atoms with Crippen LogP contribution in [0.25, 0.3) is 0 Å². The molecule has 1 aliphatic carbocycles. The lowest BCUT2D eigenvalue weighted by Gasteiger charge is -2.03. The van der Waals surface area contributed by atoms with Gasteiger partial charge in [-0.05, 0) is 6.42 Å². The SMILES string of the molecule is C=C1OCC2C[C@]12C. The Morgan fingerprint density at radius 2 is 2.62 bits per heavy atom. The van der Waals surface area contributed by atoms with E-state index < -0.39 is 0 Å². The molecule has 0 radical (unpaired) electrons. The summed E-state index contributed by atoms with van der Waals surface area (Å²) in [7, 11) is 0. The third-order valence-electron chi connectivity index (χ3n) is 2.51. The lowest BCUT2D eigenvalue weighted by atomic mass is 10.1. The fourth-order valence-electron chi connectivity index (χ4n) is 1.40. The maximum atomic E-state index is 5.22. The van der Waals surface area contributed by atoms with Crippen LogP contribution >= 0.6 is 0 Å². The van der Waals surface area contributed by atoms with E-state index in [0.717, 1.165) is 18.3 Å². The van der Waals surface area contributed by atoms with E-state index in [1.54, 1.807) is 0 Å². The predicted molar refractivity (Wildman–Crippen MR) is 31.3 cm³/mol. The minimum atomic E-state index is 0.403. The van der Waals surface area contributed by atoms with Gasteiger partial charge < -0.3 is 4.74 Å². The van der Waals surface area contributed by atoms with E-state index in [1.807, 2.05) is 0 Å². The van der Waals surface area contributed by atoms with Crippen LogP contribution in [0.2, 0.25) is 0 Å². The third-order valence-corrected chi connectivity index (χ3v) is 2.51. The van der Waals surface area contributed by atoms with Crippen molar-refractivity contribution in [2.24, 2.45) is 11.3 Å². The summed E-state index contributed by atoms with van der Waals surface area (Å²) >= 11 is 0. The van der Waals surface area contributed by atoms with Crippen molar-refractivity contribution in [3.8, 4) is 0 Å². The number of fused-ring (bicyclic) bond motifs is 1. The fourth-order valence-corrected chi connectivity index (χ4v) is 1.40. The molecule has 1 heterocycles. The first-order valence-corrected chi connectivity index (χ1v) is 3.06. The maximum absolute atomic E-state index is 5.22. The molecule has 1 saturated carbocycles. The highest BCUT2D eigenvalue weighted by Crippen LogP contribution is 2.61. The highest BCUT2D eigenvalue weighted by Gasteiger charge is 2.58. The van der Waals surface area contributed by atoms with Crippen molar-refractivity contribution in [3.05, 3.63) is 12.3 Å². The fraction of sp³-hybridized carbons (Fsp3) is 0.714. The number of hydrogen-bond acceptors (Lipinski definition) is 1. The quantitative estimate of drug-likeness (QED) is 0.459. The second-order valence-corrected chi connectivity index (χ2v) is 3.05. The van der Waals surface area contributed by atoms with Crippen LogP contribution in [0.5, 0.6) is 0 Å². The molecule has 0 aromatic carbocycles. The van der Waals surface area contributed by atoms with Gasteiger partial charge in [-0.2, -0.15) is 0 Å². The monoisotopic (exact) mass is 110 g/mol. The first-order chi connectivity index (χ1) is 3.73. The Labute approximate surface area is 49.3 Å². The zero-order chi connectivity index (χ0) is 5.78. The van der Waals surface area contributed by atoms with Crippen LogP contribution in [0.1, 0.15) is 13.3 Å². The highest BCUT2D eigenvalue weighted by molar-refractivity contribution is 5.20. The Morgan fingerprint density at radius 3 is 2.75 bits per heavy atom. The molecule has 0 aromatic rings. The van der Waals surface area contributed by atoms with Crippen molar-refractivity contribution < 1.29 is 4.74 Å². The summed E-state index contributed by atoms with van der Waals surface area (Å²) in [4.78, 5) is 0. The lowest BCUT2D eigenvalue weighted by Crippen LogP contribution is -1.93. The molecule has 1 heteroatoms. The van der Waals surface area contributed by atoms with E-state index >= 15 is 0 Å². The lowest BCUT2D eigenvalue weighted by molar-refractivity contribution is 0.226. The molecule has 8 heavy (non-hydrogen) atoms. The largest absolute Gasteiger partial charge is 0.498 e. The van der Waals surface area contributed by atoms with Crippen molar-refractivity contribution >= 4 is 0 Å². The van der Waals surface area contributed by atoms with Crippen molar-refractivity contribution in [2.45, 2.75) is 13.3 Å². The average molecular weight is 110 g/mol. The Kier molecular flexibility index (Phi) is 0.525. The Morgan fingerprint density at radius 1 is 1.88 bits per heavy atom. The minimum Gasteiger partial charge on any atom is -0.498 e. The van der Waals surface area contributed by atoms with Gasteiger partial charge in [0.25, 0.3) is 0 Å². The first kappa shape index (κ1) is 4.42. The van der Waals surface area contributed by atoms with Crippen LogP contribution < -0.4 is 0 Å². The standard InChI is InChI=1S/C7H10O/c1-5-7(2)3-6(7)4-8-5/h6H,1,3-4H2,2H3/t6?,7-/m1/s1. The van der Waals surface area contributed by atoms with Gasteiger partial charge in [0.05, 0.1) is 12.4 Å². The minimum absolute atomic E-state index is 0.403. The van der Waals surface area contributed by atoms with E-state index in [4.69, 9.17) is 4.74 Å². The van der Waals surface area contributed by atoms with Gasteiger partial charge in [-0.15, -0.1) is 0 Å². The van der Waals surface area contributed by atoms with Gasteiger partial charge in [-0.25, -0.2) is 0 Å². The topological polar surface area (TPSA) is 9.23 Å². The molecular formula is C7H10O. The molecule has 0 N–H and O–H groups in total. The number of ether oxygens (including phenoxy) is 1. The highest BCUT2D eigenvalue weighted by atomic mass is 16.5. The van der Waals surface area contributed by atoms with Gasteiger partial charge in [0, 0.05) is 11.3 Å². The van der Waals surface area contributed by atoms with Crippen LogP contribution in [-0.2, 0) is 4.74 Å². The predicted octanol–water partition coefficient (Wildman–Crippen LogP) is 1.56. The van der Waals surface area contributed by atoms with Crippen LogP contribution in [-0.4, -0.2) is 6.61 Å². The molecule has 1 aliphatic heterocycles. The molecule has 1 nitrogen and oxygen atoms in total. The normalized spacial score (nSPS) is 50.6. The van der Waals surface area contributed by atoms with Crippen LogP contribution in [0, 0.1) is 11.3 Å². The molecule has 1 saturated heterocycles. The summed E-state index contributed by atoms with van der Waals surface area (Å²) in [6, 6.07) is 0. The Bertz CT molecular complexity index is 148. The average Bonchev–Trinajstić information content (AvgIpc) is 2.31. The summed E-state index contributed by atoms with van der Waals surface area (Å²) in [5, 5.41) is 0. The summed E-state index contributed by atoms with van der Waals surface area (Å²) in [5.41, 5.74) is 0.403. The van der Waals surface area contributed by atoms with E-state index in [-0.39, 0.29) is 0 Å². The molecule has 0 amide bonds. The number of hydrogen-bond donors (Lipinski definition) is 0.